The molecule has 4 nitrogen and oxygen atoms in total. The van der Waals surface area contributed by atoms with E-state index in [1.807, 2.05) is 18.2 Å². The number of aryl methyl sites for hydroxylation is 1. The van der Waals surface area contributed by atoms with E-state index in [-0.39, 0.29) is 0 Å². The van der Waals surface area contributed by atoms with Gasteiger partial charge in [-0.15, -0.1) is 0 Å². The molecule has 0 unspecified atom stereocenters. The molecule has 1 heterocycles. The van der Waals surface area contributed by atoms with E-state index in [0.29, 0.717) is 5.95 Å². The number of aromatic nitrogens is 2. The first-order valence-electron chi connectivity index (χ1n) is 7.25. The molecule has 0 atom stereocenters. The Kier molecular flexibility index (Phi) is 5.35. The van der Waals surface area contributed by atoms with Crippen LogP contribution in [0.4, 0.5) is 17.5 Å². The average Bonchev–Trinajstić information content (AvgIpc) is 2.48. The van der Waals surface area contributed by atoms with E-state index in [2.05, 4.69) is 46.6 Å². The molecule has 2 rings (SSSR count). The van der Waals surface area contributed by atoms with E-state index in [1.54, 1.807) is 6.20 Å². The summed E-state index contributed by atoms with van der Waals surface area (Å²) in [6.07, 6.45) is 5.08. The molecule has 20 heavy (non-hydrogen) atoms. The molecule has 0 aliphatic rings. The van der Waals surface area contributed by atoms with E-state index in [1.165, 1.54) is 12.0 Å². The van der Waals surface area contributed by atoms with Crippen molar-refractivity contribution in [2.24, 2.45) is 0 Å². The number of rotatable bonds is 7. The molecule has 4 heteroatoms. The molecule has 0 radical (unpaired) electrons. The molecular formula is C16H22N4. The van der Waals surface area contributed by atoms with Crippen molar-refractivity contribution in [1.82, 2.24) is 9.97 Å². The normalized spacial score (nSPS) is 10.3. The molecule has 2 aromatic rings. The van der Waals surface area contributed by atoms with Crippen LogP contribution < -0.4 is 10.6 Å². The molecule has 0 amide bonds. The fraction of sp³-hybridized carbons (Fsp3) is 0.375. The van der Waals surface area contributed by atoms with Crippen molar-refractivity contribution in [3.8, 4) is 0 Å². The van der Waals surface area contributed by atoms with Gasteiger partial charge in [0.15, 0.2) is 0 Å². The van der Waals surface area contributed by atoms with Crippen LogP contribution in [0, 0.1) is 0 Å². The van der Waals surface area contributed by atoms with Gasteiger partial charge in [-0.05, 0) is 30.5 Å². The van der Waals surface area contributed by atoms with Crippen molar-refractivity contribution in [3.63, 3.8) is 0 Å². The predicted molar refractivity (Wildman–Crippen MR) is 84.5 cm³/mol. The second-order valence-corrected chi connectivity index (χ2v) is 4.68. The zero-order valence-corrected chi connectivity index (χ0v) is 12.2. The standard InChI is InChI=1S/C16H22N4/c1-3-5-11-17-15-10-12-18-16(20-15)19-14-9-7-6-8-13(14)4-2/h6-10,12H,3-5,11H2,1-2H3,(H2,17,18,19,20). The third-order valence-corrected chi connectivity index (χ3v) is 3.14. The summed E-state index contributed by atoms with van der Waals surface area (Å²) in [7, 11) is 0. The summed E-state index contributed by atoms with van der Waals surface area (Å²) < 4.78 is 0. The highest BCUT2D eigenvalue weighted by atomic mass is 15.1. The number of anilines is 3. The van der Waals surface area contributed by atoms with Gasteiger partial charge < -0.3 is 10.6 Å². The lowest BCUT2D eigenvalue weighted by Crippen LogP contribution is -2.05. The lowest BCUT2D eigenvalue weighted by Gasteiger charge is -2.10. The Balaban J connectivity index is 2.07. The van der Waals surface area contributed by atoms with Crippen LogP contribution in [0.15, 0.2) is 36.5 Å². The van der Waals surface area contributed by atoms with Crippen molar-refractivity contribution in [2.45, 2.75) is 33.1 Å². The van der Waals surface area contributed by atoms with Gasteiger partial charge in [0, 0.05) is 18.4 Å². The summed E-state index contributed by atoms with van der Waals surface area (Å²) in [5, 5.41) is 6.60. The topological polar surface area (TPSA) is 49.8 Å². The number of para-hydroxylation sites is 1. The molecular weight excluding hydrogens is 248 g/mol. The third kappa shape index (κ3) is 3.95. The van der Waals surface area contributed by atoms with Gasteiger partial charge in [0.05, 0.1) is 0 Å². The molecule has 0 saturated heterocycles. The maximum atomic E-state index is 4.48. The monoisotopic (exact) mass is 270 g/mol. The number of benzene rings is 1. The second-order valence-electron chi connectivity index (χ2n) is 4.68. The third-order valence-electron chi connectivity index (χ3n) is 3.14. The van der Waals surface area contributed by atoms with E-state index < -0.39 is 0 Å². The number of hydrogen-bond donors (Lipinski definition) is 2. The van der Waals surface area contributed by atoms with Gasteiger partial charge in [-0.2, -0.15) is 4.98 Å². The Labute approximate surface area is 120 Å². The van der Waals surface area contributed by atoms with Gasteiger partial charge in [0.2, 0.25) is 5.95 Å². The fourth-order valence-corrected chi connectivity index (χ4v) is 1.98. The van der Waals surface area contributed by atoms with Crippen LogP contribution in [0.3, 0.4) is 0 Å². The molecule has 1 aromatic heterocycles. The molecule has 0 spiro atoms. The predicted octanol–water partition coefficient (Wildman–Crippen LogP) is 3.99. The fourth-order valence-electron chi connectivity index (χ4n) is 1.98. The number of hydrogen-bond acceptors (Lipinski definition) is 4. The zero-order valence-electron chi connectivity index (χ0n) is 12.2. The van der Waals surface area contributed by atoms with E-state index in [9.17, 15) is 0 Å². The minimum atomic E-state index is 0.632. The first-order valence-corrected chi connectivity index (χ1v) is 7.25. The summed E-state index contributed by atoms with van der Waals surface area (Å²) in [4.78, 5) is 8.76. The molecule has 106 valence electrons. The minimum Gasteiger partial charge on any atom is -0.370 e. The van der Waals surface area contributed by atoms with E-state index in [0.717, 1.165) is 30.9 Å². The first-order chi connectivity index (χ1) is 9.83. The summed E-state index contributed by atoms with van der Waals surface area (Å²) in [5.74, 6) is 1.50. The molecule has 0 aliphatic carbocycles. The maximum absolute atomic E-state index is 4.48. The number of nitrogens with one attached hydrogen (secondary N) is 2. The largest absolute Gasteiger partial charge is 0.370 e. The quantitative estimate of drug-likeness (QED) is 0.747. The van der Waals surface area contributed by atoms with E-state index in [4.69, 9.17) is 0 Å². The Hall–Kier alpha value is -2.10. The lowest BCUT2D eigenvalue weighted by atomic mass is 10.1. The minimum absolute atomic E-state index is 0.632. The van der Waals surface area contributed by atoms with Crippen LogP contribution >= 0.6 is 0 Å². The van der Waals surface area contributed by atoms with Crippen molar-refractivity contribution in [3.05, 3.63) is 42.1 Å². The Bertz CT molecular complexity index is 540. The molecule has 0 bridgehead atoms. The molecule has 1 aromatic carbocycles. The molecule has 0 aliphatic heterocycles. The summed E-state index contributed by atoms with van der Waals surface area (Å²) >= 11 is 0. The van der Waals surface area contributed by atoms with Crippen molar-refractivity contribution < 1.29 is 0 Å². The first kappa shape index (κ1) is 14.3. The lowest BCUT2D eigenvalue weighted by molar-refractivity contribution is 0.830. The molecule has 2 N–H and O–H groups in total. The number of nitrogens with zero attached hydrogens (tertiary/aromatic N) is 2. The molecule has 0 saturated carbocycles. The van der Waals surface area contributed by atoms with Gasteiger partial charge >= 0.3 is 0 Å². The SMILES string of the molecule is CCCCNc1ccnc(Nc2ccccc2CC)n1. The van der Waals surface area contributed by atoms with Gasteiger partial charge in [-0.3, -0.25) is 0 Å². The van der Waals surface area contributed by atoms with Crippen LogP contribution in [0.1, 0.15) is 32.3 Å². The van der Waals surface area contributed by atoms with E-state index >= 15 is 0 Å². The van der Waals surface area contributed by atoms with Gasteiger partial charge in [0.25, 0.3) is 0 Å². The Morgan fingerprint density at radius 1 is 1.10 bits per heavy atom. The summed E-state index contributed by atoms with van der Waals surface area (Å²) in [6.45, 7) is 5.26. The number of unbranched alkanes of at least 4 members (excludes halogenated alkanes) is 1. The Morgan fingerprint density at radius 3 is 2.75 bits per heavy atom. The summed E-state index contributed by atoms with van der Waals surface area (Å²) in [6, 6.07) is 10.1. The summed E-state index contributed by atoms with van der Waals surface area (Å²) in [5.41, 5.74) is 2.33. The van der Waals surface area contributed by atoms with Crippen molar-refractivity contribution in [2.75, 3.05) is 17.2 Å². The van der Waals surface area contributed by atoms with Crippen LogP contribution in [0.25, 0.3) is 0 Å². The van der Waals surface area contributed by atoms with Crippen LogP contribution in [0.5, 0.6) is 0 Å². The van der Waals surface area contributed by atoms with Gasteiger partial charge in [-0.25, -0.2) is 4.98 Å². The average molecular weight is 270 g/mol. The highest BCUT2D eigenvalue weighted by Crippen LogP contribution is 2.19. The second kappa shape index (κ2) is 7.48. The van der Waals surface area contributed by atoms with Crippen LogP contribution in [-0.2, 0) is 6.42 Å². The zero-order chi connectivity index (χ0) is 14.2. The Morgan fingerprint density at radius 2 is 1.95 bits per heavy atom. The maximum Gasteiger partial charge on any atom is 0.229 e. The van der Waals surface area contributed by atoms with Crippen LogP contribution in [-0.4, -0.2) is 16.5 Å². The van der Waals surface area contributed by atoms with Crippen molar-refractivity contribution in [1.29, 1.82) is 0 Å². The van der Waals surface area contributed by atoms with Gasteiger partial charge in [0.1, 0.15) is 5.82 Å². The highest BCUT2D eigenvalue weighted by molar-refractivity contribution is 5.59. The van der Waals surface area contributed by atoms with Crippen molar-refractivity contribution >= 4 is 17.5 Å². The molecule has 0 fully saturated rings. The van der Waals surface area contributed by atoms with Crippen LogP contribution in [0.2, 0.25) is 0 Å². The highest BCUT2D eigenvalue weighted by Gasteiger charge is 2.03. The van der Waals surface area contributed by atoms with Gasteiger partial charge in [-0.1, -0.05) is 38.5 Å². The smallest absolute Gasteiger partial charge is 0.229 e.